The predicted molar refractivity (Wildman–Crippen MR) is 99.8 cm³/mol. The second-order valence-electron chi connectivity index (χ2n) is 6.50. The van der Waals surface area contributed by atoms with Gasteiger partial charge in [0.1, 0.15) is 5.75 Å². The third kappa shape index (κ3) is 3.51. The van der Waals surface area contributed by atoms with Crippen molar-refractivity contribution in [1.82, 2.24) is 29.8 Å². The van der Waals surface area contributed by atoms with E-state index in [0.29, 0.717) is 12.3 Å². The maximum Gasteiger partial charge on any atom is 0.291 e. The molecule has 1 unspecified atom stereocenters. The molecule has 9 heteroatoms. The minimum absolute atomic E-state index is 0.00725. The molecule has 1 saturated heterocycles. The molecule has 1 N–H and O–H groups in total. The number of carbonyl (C=O) groups is 2. The summed E-state index contributed by atoms with van der Waals surface area (Å²) in [5.41, 5.74) is 1.06. The van der Waals surface area contributed by atoms with Gasteiger partial charge < -0.3 is 15.0 Å². The molecule has 2 amide bonds. The maximum atomic E-state index is 12.7. The molecule has 0 bridgehead atoms. The van der Waals surface area contributed by atoms with E-state index in [1.165, 1.54) is 4.52 Å². The Labute approximate surface area is 161 Å². The molecule has 0 spiro atoms. The van der Waals surface area contributed by atoms with Gasteiger partial charge in [0.25, 0.3) is 11.7 Å². The van der Waals surface area contributed by atoms with Crippen molar-refractivity contribution in [2.24, 2.45) is 0 Å². The molecular formula is C19H20N6O3. The molecule has 0 saturated carbocycles. The third-order valence-corrected chi connectivity index (χ3v) is 4.79. The lowest BCUT2D eigenvalue weighted by atomic mass is 10.0. The van der Waals surface area contributed by atoms with Crippen molar-refractivity contribution in [1.29, 1.82) is 0 Å². The van der Waals surface area contributed by atoms with Crippen LogP contribution in [0.2, 0.25) is 0 Å². The third-order valence-electron chi connectivity index (χ3n) is 4.79. The van der Waals surface area contributed by atoms with Gasteiger partial charge in [0.2, 0.25) is 11.7 Å². The predicted octanol–water partition coefficient (Wildman–Crippen LogP) is 1.23. The van der Waals surface area contributed by atoms with Crippen LogP contribution in [0.15, 0.2) is 42.7 Å². The Morgan fingerprint density at radius 3 is 2.86 bits per heavy atom. The molecule has 28 heavy (non-hydrogen) atoms. The Bertz CT molecular complexity index is 967. The van der Waals surface area contributed by atoms with E-state index in [-0.39, 0.29) is 24.3 Å². The van der Waals surface area contributed by atoms with Crippen LogP contribution in [0, 0.1) is 0 Å². The zero-order valence-electron chi connectivity index (χ0n) is 15.4. The van der Waals surface area contributed by atoms with E-state index in [9.17, 15) is 9.59 Å². The first-order chi connectivity index (χ1) is 13.7. The van der Waals surface area contributed by atoms with Crippen LogP contribution in [-0.4, -0.2) is 56.5 Å². The molecular weight excluding hydrogens is 360 g/mol. The van der Waals surface area contributed by atoms with E-state index in [1.807, 2.05) is 24.3 Å². The maximum absolute atomic E-state index is 12.7. The summed E-state index contributed by atoms with van der Waals surface area (Å²) >= 11 is 0. The minimum Gasteiger partial charge on any atom is -0.497 e. The number of rotatable bonds is 5. The standard InChI is InChI=1S/C19H20N6O3/c1-28-14-7-5-13(6-8-14)15-4-2-10-24(15)16(26)12-21-18(27)17-22-19-20-9-3-11-25(19)23-17/h3,5-9,11,15H,2,4,10,12H2,1H3,(H,21,27). The molecule has 3 heterocycles. The summed E-state index contributed by atoms with van der Waals surface area (Å²) in [7, 11) is 1.62. The molecule has 1 fully saturated rings. The summed E-state index contributed by atoms with van der Waals surface area (Å²) in [5.74, 6) is 0.464. The number of hydrogen-bond acceptors (Lipinski definition) is 6. The van der Waals surface area contributed by atoms with E-state index in [2.05, 4.69) is 20.4 Å². The van der Waals surface area contributed by atoms with Crippen LogP contribution in [0.5, 0.6) is 5.75 Å². The van der Waals surface area contributed by atoms with Crippen molar-refractivity contribution in [3.63, 3.8) is 0 Å². The molecule has 144 valence electrons. The molecule has 3 aromatic rings. The van der Waals surface area contributed by atoms with E-state index >= 15 is 0 Å². The topological polar surface area (TPSA) is 102 Å². The zero-order valence-corrected chi connectivity index (χ0v) is 15.4. The summed E-state index contributed by atoms with van der Waals surface area (Å²) in [5, 5.41) is 6.67. The van der Waals surface area contributed by atoms with Crippen LogP contribution in [-0.2, 0) is 4.79 Å². The number of likely N-dealkylation sites (tertiary alicyclic amines) is 1. The highest BCUT2D eigenvalue weighted by Gasteiger charge is 2.30. The number of benzene rings is 1. The number of ether oxygens (including phenoxy) is 1. The Morgan fingerprint density at radius 1 is 1.29 bits per heavy atom. The fourth-order valence-corrected chi connectivity index (χ4v) is 3.40. The van der Waals surface area contributed by atoms with Crippen molar-refractivity contribution in [2.75, 3.05) is 20.2 Å². The first-order valence-electron chi connectivity index (χ1n) is 9.05. The quantitative estimate of drug-likeness (QED) is 0.714. The molecule has 2 aromatic heterocycles. The average Bonchev–Trinajstić information content (AvgIpc) is 3.39. The molecule has 1 aliphatic rings. The van der Waals surface area contributed by atoms with Crippen molar-refractivity contribution in [2.45, 2.75) is 18.9 Å². The number of methoxy groups -OCH3 is 1. The van der Waals surface area contributed by atoms with Gasteiger partial charge in [0, 0.05) is 18.9 Å². The number of nitrogens with one attached hydrogen (secondary N) is 1. The Kier molecular flexibility index (Phi) is 4.88. The van der Waals surface area contributed by atoms with Gasteiger partial charge in [0.15, 0.2) is 0 Å². The van der Waals surface area contributed by atoms with E-state index < -0.39 is 5.91 Å². The summed E-state index contributed by atoms with van der Waals surface area (Å²) in [6.07, 6.45) is 5.05. The van der Waals surface area contributed by atoms with Gasteiger partial charge >= 0.3 is 0 Å². The number of nitrogens with zero attached hydrogens (tertiary/aromatic N) is 5. The highest BCUT2D eigenvalue weighted by molar-refractivity contribution is 5.93. The second kappa shape index (κ2) is 7.63. The van der Waals surface area contributed by atoms with Gasteiger partial charge in [-0.3, -0.25) is 9.59 Å². The van der Waals surface area contributed by atoms with E-state index in [1.54, 1.807) is 30.5 Å². The smallest absolute Gasteiger partial charge is 0.291 e. The van der Waals surface area contributed by atoms with Gasteiger partial charge in [0.05, 0.1) is 19.7 Å². The number of carbonyl (C=O) groups excluding carboxylic acids is 2. The van der Waals surface area contributed by atoms with Gasteiger partial charge in [-0.05, 0) is 36.6 Å². The molecule has 0 aliphatic carbocycles. The van der Waals surface area contributed by atoms with Crippen LogP contribution in [0.4, 0.5) is 0 Å². The summed E-state index contributed by atoms with van der Waals surface area (Å²) in [6, 6.07) is 9.43. The average molecular weight is 380 g/mol. The molecule has 0 radical (unpaired) electrons. The molecule has 1 aromatic carbocycles. The van der Waals surface area contributed by atoms with E-state index in [4.69, 9.17) is 4.74 Å². The lowest BCUT2D eigenvalue weighted by Gasteiger charge is -2.25. The number of fused-ring (bicyclic) bond motifs is 1. The van der Waals surface area contributed by atoms with Crippen LogP contribution in [0.3, 0.4) is 0 Å². The number of hydrogen-bond donors (Lipinski definition) is 1. The van der Waals surface area contributed by atoms with Crippen molar-refractivity contribution in [3.8, 4) is 5.75 Å². The molecule has 4 rings (SSSR count). The number of aromatic nitrogens is 4. The van der Waals surface area contributed by atoms with Crippen LogP contribution >= 0.6 is 0 Å². The normalized spacial score (nSPS) is 16.3. The van der Waals surface area contributed by atoms with Gasteiger partial charge in [-0.25, -0.2) is 9.50 Å². The lowest BCUT2D eigenvalue weighted by Crippen LogP contribution is -2.40. The van der Waals surface area contributed by atoms with Crippen LogP contribution in [0.1, 0.15) is 35.1 Å². The highest BCUT2D eigenvalue weighted by Crippen LogP contribution is 2.32. The Morgan fingerprint density at radius 2 is 2.11 bits per heavy atom. The highest BCUT2D eigenvalue weighted by atomic mass is 16.5. The second-order valence-corrected chi connectivity index (χ2v) is 6.50. The van der Waals surface area contributed by atoms with Crippen LogP contribution < -0.4 is 10.1 Å². The van der Waals surface area contributed by atoms with Gasteiger partial charge in [-0.1, -0.05) is 12.1 Å². The number of amides is 2. The Hall–Kier alpha value is -3.49. The van der Waals surface area contributed by atoms with Crippen LogP contribution in [0.25, 0.3) is 5.78 Å². The minimum atomic E-state index is -0.501. The first-order valence-corrected chi connectivity index (χ1v) is 9.05. The molecule has 9 nitrogen and oxygen atoms in total. The van der Waals surface area contributed by atoms with Gasteiger partial charge in [-0.15, -0.1) is 5.10 Å². The fraction of sp³-hybridized carbons (Fsp3) is 0.316. The molecule has 1 aliphatic heterocycles. The van der Waals surface area contributed by atoms with Crippen molar-refractivity contribution in [3.05, 3.63) is 54.1 Å². The van der Waals surface area contributed by atoms with Crippen molar-refractivity contribution >= 4 is 17.6 Å². The fourth-order valence-electron chi connectivity index (χ4n) is 3.40. The molecule has 1 atom stereocenters. The van der Waals surface area contributed by atoms with E-state index in [0.717, 1.165) is 24.2 Å². The summed E-state index contributed by atoms with van der Waals surface area (Å²) in [6.45, 7) is 0.566. The first kappa shape index (κ1) is 17.9. The monoisotopic (exact) mass is 380 g/mol. The largest absolute Gasteiger partial charge is 0.497 e. The zero-order chi connectivity index (χ0) is 19.5. The van der Waals surface area contributed by atoms with Gasteiger partial charge in [-0.2, -0.15) is 4.98 Å². The SMILES string of the molecule is COc1ccc(C2CCCN2C(=O)CNC(=O)c2nc3ncccn3n2)cc1. The lowest BCUT2D eigenvalue weighted by molar-refractivity contribution is -0.131. The Balaban J connectivity index is 1.40. The summed E-state index contributed by atoms with van der Waals surface area (Å²) in [4.78, 5) is 34.9. The van der Waals surface area contributed by atoms with Crippen molar-refractivity contribution < 1.29 is 14.3 Å². The summed E-state index contributed by atoms with van der Waals surface area (Å²) < 4.78 is 6.60.